The first kappa shape index (κ1) is 35.8. The summed E-state index contributed by atoms with van der Waals surface area (Å²) in [6.45, 7) is 0. The molecule has 9 aromatic carbocycles. The number of para-hydroxylation sites is 2. The van der Waals surface area contributed by atoms with Gasteiger partial charge in [-0.25, -0.2) is 9.97 Å². The zero-order valence-electron chi connectivity index (χ0n) is 33.7. The van der Waals surface area contributed by atoms with Gasteiger partial charge in [0.25, 0.3) is 0 Å². The van der Waals surface area contributed by atoms with Gasteiger partial charge in [0, 0.05) is 33.0 Å². The van der Waals surface area contributed by atoms with E-state index in [9.17, 15) is 0 Å². The van der Waals surface area contributed by atoms with Crippen LogP contribution in [-0.4, -0.2) is 9.97 Å². The predicted molar refractivity (Wildman–Crippen MR) is 254 cm³/mol. The Labute approximate surface area is 360 Å². The molecule has 3 heteroatoms. The van der Waals surface area contributed by atoms with Crippen molar-refractivity contribution in [2.24, 2.45) is 0 Å². The van der Waals surface area contributed by atoms with E-state index in [2.05, 4.69) is 200 Å². The lowest BCUT2D eigenvalue weighted by molar-refractivity contribution is 0.670. The van der Waals surface area contributed by atoms with Crippen LogP contribution in [0.25, 0.3) is 89.2 Å². The van der Waals surface area contributed by atoms with Gasteiger partial charge in [0.05, 0.1) is 16.8 Å². The van der Waals surface area contributed by atoms with Crippen molar-refractivity contribution < 1.29 is 4.42 Å². The van der Waals surface area contributed by atoms with E-state index in [1.165, 1.54) is 33.4 Å². The molecule has 0 saturated carbocycles. The number of nitrogens with zero attached hydrogens (tertiary/aromatic N) is 2. The fourth-order valence-electron chi connectivity index (χ4n) is 9.83. The second-order valence-corrected chi connectivity index (χ2v) is 16.0. The van der Waals surface area contributed by atoms with Crippen LogP contribution in [-0.2, 0) is 5.41 Å². The van der Waals surface area contributed by atoms with Gasteiger partial charge < -0.3 is 4.42 Å². The van der Waals surface area contributed by atoms with E-state index in [1.54, 1.807) is 0 Å². The monoisotopic (exact) mass is 790 g/mol. The molecule has 0 amide bonds. The van der Waals surface area contributed by atoms with E-state index in [0.717, 1.165) is 72.3 Å². The van der Waals surface area contributed by atoms with Crippen molar-refractivity contribution >= 4 is 21.9 Å². The first-order valence-electron chi connectivity index (χ1n) is 21.1. The third kappa shape index (κ3) is 5.67. The molecule has 2 heterocycles. The van der Waals surface area contributed by atoms with Crippen LogP contribution in [0.4, 0.5) is 0 Å². The Kier molecular flexibility index (Phi) is 8.39. The van der Waals surface area contributed by atoms with Crippen LogP contribution in [0, 0.1) is 0 Å². The van der Waals surface area contributed by atoms with Crippen molar-refractivity contribution in [1.82, 2.24) is 9.97 Å². The van der Waals surface area contributed by atoms with Crippen LogP contribution in [0.1, 0.15) is 22.3 Å². The second kappa shape index (κ2) is 14.5. The lowest BCUT2D eigenvalue weighted by atomic mass is 9.67. The van der Waals surface area contributed by atoms with Crippen molar-refractivity contribution in [3.8, 4) is 67.3 Å². The molecule has 0 atom stereocenters. The summed E-state index contributed by atoms with van der Waals surface area (Å²) in [7, 11) is 0. The average Bonchev–Trinajstić information content (AvgIpc) is 3.89. The van der Waals surface area contributed by atoms with Gasteiger partial charge in [-0.2, -0.15) is 0 Å². The molecule has 1 aliphatic carbocycles. The molecule has 2 aromatic heterocycles. The van der Waals surface area contributed by atoms with Crippen molar-refractivity contribution in [3.05, 3.63) is 253 Å². The van der Waals surface area contributed by atoms with Crippen molar-refractivity contribution in [2.75, 3.05) is 0 Å². The number of aromatic nitrogens is 2. The number of benzene rings is 9. The maximum absolute atomic E-state index is 6.41. The largest absolute Gasteiger partial charge is 0.455 e. The van der Waals surface area contributed by atoms with Crippen molar-refractivity contribution in [3.63, 3.8) is 0 Å². The maximum atomic E-state index is 6.41. The molecule has 0 fully saturated rings. The van der Waals surface area contributed by atoms with E-state index in [-0.39, 0.29) is 0 Å². The first-order chi connectivity index (χ1) is 30.7. The van der Waals surface area contributed by atoms with Crippen LogP contribution < -0.4 is 0 Å². The molecule has 0 radical (unpaired) electrons. The number of fused-ring (bicyclic) bond motifs is 6. The topological polar surface area (TPSA) is 38.9 Å². The smallest absolute Gasteiger partial charge is 0.160 e. The van der Waals surface area contributed by atoms with Gasteiger partial charge >= 0.3 is 0 Å². The van der Waals surface area contributed by atoms with E-state index in [4.69, 9.17) is 14.4 Å². The third-order valence-electron chi connectivity index (χ3n) is 12.6. The van der Waals surface area contributed by atoms with Gasteiger partial charge in [0.15, 0.2) is 5.82 Å². The normalized spacial score (nSPS) is 12.6. The van der Waals surface area contributed by atoms with Crippen LogP contribution >= 0.6 is 0 Å². The molecule has 3 nitrogen and oxygen atoms in total. The van der Waals surface area contributed by atoms with E-state index < -0.39 is 5.41 Å². The second-order valence-electron chi connectivity index (χ2n) is 16.0. The number of rotatable bonds is 7. The van der Waals surface area contributed by atoms with E-state index in [1.807, 2.05) is 30.3 Å². The Balaban J connectivity index is 0.989. The van der Waals surface area contributed by atoms with Crippen LogP contribution in [0.5, 0.6) is 0 Å². The summed E-state index contributed by atoms with van der Waals surface area (Å²) in [6, 6.07) is 82.1. The summed E-state index contributed by atoms with van der Waals surface area (Å²) in [5.41, 5.74) is 18.0. The zero-order chi connectivity index (χ0) is 41.0. The molecule has 290 valence electrons. The predicted octanol–water partition coefficient (Wildman–Crippen LogP) is 15.1. The SMILES string of the molecule is c1ccc(-c2nc(-c3ccc(-c4cccc(-c5cccc6c5oc5ccccc56)c4)cc3)cc(-c3cccc4c3-c3ccccc3C4(c3ccccc3)c3ccccc3)n2)cc1. The van der Waals surface area contributed by atoms with Gasteiger partial charge in [0.2, 0.25) is 0 Å². The molecule has 0 N–H and O–H groups in total. The van der Waals surface area contributed by atoms with Gasteiger partial charge in [0.1, 0.15) is 11.2 Å². The molecule has 0 unspecified atom stereocenters. The minimum Gasteiger partial charge on any atom is -0.455 e. The van der Waals surface area contributed by atoms with Crippen LogP contribution in [0.3, 0.4) is 0 Å². The Morgan fingerprint density at radius 1 is 0.339 bits per heavy atom. The Morgan fingerprint density at radius 2 is 0.887 bits per heavy atom. The van der Waals surface area contributed by atoms with Gasteiger partial charge in [-0.3, -0.25) is 0 Å². The third-order valence-corrected chi connectivity index (χ3v) is 12.6. The first-order valence-corrected chi connectivity index (χ1v) is 21.1. The van der Waals surface area contributed by atoms with Gasteiger partial charge in [-0.15, -0.1) is 0 Å². The maximum Gasteiger partial charge on any atom is 0.160 e. The average molecular weight is 791 g/mol. The lowest BCUT2D eigenvalue weighted by Crippen LogP contribution is -2.28. The molecule has 11 aromatic rings. The summed E-state index contributed by atoms with van der Waals surface area (Å²) in [5, 5.41) is 2.26. The van der Waals surface area contributed by atoms with Gasteiger partial charge in [-0.1, -0.05) is 212 Å². The van der Waals surface area contributed by atoms with E-state index >= 15 is 0 Å². The Hall–Kier alpha value is -8.14. The fourth-order valence-corrected chi connectivity index (χ4v) is 9.83. The molecule has 0 bridgehead atoms. The Morgan fingerprint density at radius 3 is 1.68 bits per heavy atom. The quantitative estimate of drug-likeness (QED) is 0.161. The summed E-state index contributed by atoms with van der Waals surface area (Å²) >= 11 is 0. The molecular weight excluding hydrogens is 753 g/mol. The standard InChI is InChI=1S/C59H38N2O/c1-4-17-41(18-5-1)58-60-53(40-35-33-39(34-36-40)42-19-14-20-43(37-42)46-27-15-28-48-47-25-11-13-32-55(47)62-57(46)48)38-54(61-58)50-29-16-31-52-56(50)49-26-10-12-30-51(49)59(52,44-21-6-2-7-22-44)45-23-8-3-9-24-45/h1-38H. The highest BCUT2D eigenvalue weighted by Gasteiger charge is 2.46. The number of furan rings is 1. The van der Waals surface area contributed by atoms with Crippen LogP contribution in [0.2, 0.25) is 0 Å². The Bertz CT molecular complexity index is 3400. The molecule has 0 spiro atoms. The molecule has 0 saturated heterocycles. The van der Waals surface area contributed by atoms with Crippen molar-refractivity contribution in [1.29, 1.82) is 0 Å². The minimum atomic E-state index is -0.506. The molecule has 12 rings (SSSR count). The summed E-state index contributed by atoms with van der Waals surface area (Å²) in [4.78, 5) is 10.6. The highest BCUT2D eigenvalue weighted by Crippen LogP contribution is 2.58. The minimum absolute atomic E-state index is 0.506. The summed E-state index contributed by atoms with van der Waals surface area (Å²) in [5.74, 6) is 0.691. The fraction of sp³-hybridized carbons (Fsp3) is 0.0169. The molecular formula is C59H38N2O. The van der Waals surface area contributed by atoms with Gasteiger partial charge in [-0.05, 0) is 68.3 Å². The molecule has 0 aliphatic heterocycles. The number of hydrogen-bond donors (Lipinski definition) is 0. The lowest BCUT2D eigenvalue weighted by Gasteiger charge is -2.33. The number of hydrogen-bond acceptors (Lipinski definition) is 3. The zero-order valence-corrected chi connectivity index (χ0v) is 33.7. The highest BCUT2D eigenvalue weighted by atomic mass is 16.3. The summed E-state index contributed by atoms with van der Waals surface area (Å²) < 4.78 is 6.41. The summed E-state index contributed by atoms with van der Waals surface area (Å²) in [6.07, 6.45) is 0. The molecule has 1 aliphatic rings. The van der Waals surface area contributed by atoms with E-state index in [0.29, 0.717) is 5.82 Å². The molecule has 62 heavy (non-hydrogen) atoms. The van der Waals surface area contributed by atoms with Crippen molar-refractivity contribution in [2.45, 2.75) is 5.41 Å². The van der Waals surface area contributed by atoms with Crippen LogP contribution in [0.15, 0.2) is 235 Å². The highest BCUT2D eigenvalue weighted by molar-refractivity contribution is 6.09.